The number of carbonyl (C=O) groups is 1. The minimum atomic E-state index is -0.453. The molecule has 0 radical (unpaired) electrons. The highest BCUT2D eigenvalue weighted by molar-refractivity contribution is 9.25. The Morgan fingerprint density at radius 1 is 1.43 bits per heavy atom. The van der Waals surface area contributed by atoms with Crippen LogP contribution in [0, 0.1) is 11.3 Å². The van der Waals surface area contributed by atoms with Crippen LogP contribution < -0.4 is 14.9 Å². The molecule has 0 aromatic heterocycles. The van der Waals surface area contributed by atoms with Crippen molar-refractivity contribution >= 4 is 44.0 Å². The molecule has 0 bridgehead atoms. The van der Waals surface area contributed by atoms with Crippen molar-refractivity contribution in [2.24, 2.45) is 16.4 Å². The summed E-state index contributed by atoms with van der Waals surface area (Å²) in [4.78, 5) is 12.1. The highest BCUT2D eigenvalue weighted by Gasteiger charge is 2.66. The maximum atomic E-state index is 12.1. The van der Waals surface area contributed by atoms with E-state index in [0.29, 0.717) is 0 Å². The molecule has 1 aromatic rings. The molecule has 2 aliphatic rings. The van der Waals surface area contributed by atoms with Gasteiger partial charge in [0.1, 0.15) is 0 Å². The van der Waals surface area contributed by atoms with E-state index in [4.69, 9.17) is 9.47 Å². The summed E-state index contributed by atoms with van der Waals surface area (Å²) in [5.74, 6) is 1.68. The van der Waals surface area contributed by atoms with Crippen LogP contribution in [-0.4, -0.2) is 22.1 Å². The van der Waals surface area contributed by atoms with Crippen molar-refractivity contribution in [1.82, 2.24) is 5.43 Å². The van der Waals surface area contributed by atoms with Crippen molar-refractivity contribution in [1.29, 1.82) is 0 Å². The average molecular weight is 446 g/mol. The van der Waals surface area contributed by atoms with Gasteiger partial charge >= 0.3 is 0 Å². The molecule has 23 heavy (non-hydrogen) atoms. The van der Waals surface area contributed by atoms with Gasteiger partial charge < -0.3 is 9.47 Å². The molecular weight excluding hydrogens is 428 g/mol. The first-order valence-electron chi connectivity index (χ1n) is 7.42. The van der Waals surface area contributed by atoms with Crippen LogP contribution in [0.1, 0.15) is 25.8 Å². The highest BCUT2D eigenvalue weighted by Crippen LogP contribution is 2.66. The Labute approximate surface area is 152 Å². The molecular formula is C16H18Br2N2O3. The normalized spacial score (nSPS) is 25.4. The van der Waals surface area contributed by atoms with E-state index in [2.05, 4.69) is 49.3 Å². The smallest absolute Gasteiger partial charge is 0.248 e. The molecule has 1 heterocycles. The third-order valence-corrected chi connectivity index (χ3v) is 6.56. The zero-order valence-corrected chi connectivity index (χ0v) is 16.1. The second kappa shape index (κ2) is 6.09. The average Bonchev–Trinajstić information content (AvgIpc) is 2.85. The SMILES string of the molecule is C[C@@H](/C=N\NC(=O)[C@]1(C)CC1(Br)Br)Cc1ccc2c(c1)OCO2. The highest BCUT2D eigenvalue weighted by atomic mass is 79.9. The first-order valence-corrected chi connectivity index (χ1v) is 9.00. The lowest BCUT2D eigenvalue weighted by Gasteiger charge is -2.10. The quantitative estimate of drug-likeness (QED) is 0.428. The fraction of sp³-hybridized carbons (Fsp3) is 0.500. The van der Waals surface area contributed by atoms with Crippen molar-refractivity contribution < 1.29 is 14.3 Å². The summed E-state index contributed by atoms with van der Waals surface area (Å²) >= 11 is 6.96. The number of hydrazone groups is 1. The molecule has 1 fully saturated rings. The lowest BCUT2D eigenvalue weighted by atomic mass is 10.0. The Morgan fingerprint density at radius 2 is 2.13 bits per heavy atom. The van der Waals surface area contributed by atoms with Gasteiger partial charge in [0.25, 0.3) is 0 Å². The molecule has 1 aromatic carbocycles. The molecule has 1 N–H and O–H groups in total. The summed E-state index contributed by atoms with van der Waals surface area (Å²) in [5, 5.41) is 4.09. The number of ether oxygens (including phenoxy) is 2. The molecule has 1 aliphatic carbocycles. The van der Waals surface area contributed by atoms with Crippen LogP contribution in [0.5, 0.6) is 11.5 Å². The van der Waals surface area contributed by atoms with E-state index in [0.717, 1.165) is 29.9 Å². The lowest BCUT2D eigenvalue weighted by Crippen LogP contribution is -2.29. The van der Waals surface area contributed by atoms with Gasteiger partial charge in [-0.3, -0.25) is 4.79 Å². The maximum Gasteiger partial charge on any atom is 0.248 e. The largest absolute Gasteiger partial charge is 0.454 e. The standard InChI is InChI=1S/C16H18Br2N2O3/c1-10(5-11-3-4-12-13(6-11)23-9-22-12)7-19-20-14(21)15(2)8-16(15,17)18/h3-4,6-7,10H,5,8-9H2,1-2H3,(H,20,21)/b19-7-/t10-,15+/m1/s1. The molecule has 1 saturated carbocycles. The summed E-state index contributed by atoms with van der Waals surface area (Å²) in [6.07, 6.45) is 3.32. The monoisotopic (exact) mass is 444 g/mol. The third kappa shape index (κ3) is 3.40. The van der Waals surface area contributed by atoms with Gasteiger partial charge in [0.2, 0.25) is 12.7 Å². The predicted octanol–water partition coefficient (Wildman–Crippen LogP) is 3.59. The first kappa shape index (κ1) is 16.8. The first-order chi connectivity index (χ1) is 10.8. The zero-order valence-electron chi connectivity index (χ0n) is 12.9. The van der Waals surface area contributed by atoms with Gasteiger partial charge in [0, 0.05) is 6.21 Å². The van der Waals surface area contributed by atoms with Gasteiger partial charge in [-0.25, -0.2) is 5.43 Å². The number of hydrogen-bond acceptors (Lipinski definition) is 4. The van der Waals surface area contributed by atoms with E-state index in [1.807, 2.05) is 25.1 Å². The molecule has 1 aliphatic heterocycles. The molecule has 0 unspecified atom stereocenters. The molecule has 2 atom stereocenters. The van der Waals surface area contributed by atoms with E-state index in [1.165, 1.54) is 0 Å². The van der Waals surface area contributed by atoms with Crippen molar-refractivity contribution in [3.63, 3.8) is 0 Å². The summed E-state index contributed by atoms with van der Waals surface area (Å²) < 4.78 is 10.4. The second-order valence-corrected chi connectivity index (χ2v) is 10.1. The number of nitrogens with one attached hydrogen (secondary N) is 1. The molecule has 7 heteroatoms. The van der Waals surface area contributed by atoms with Gasteiger partial charge in [-0.15, -0.1) is 0 Å². The van der Waals surface area contributed by atoms with Crippen molar-refractivity contribution in [3.05, 3.63) is 23.8 Å². The summed E-state index contributed by atoms with van der Waals surface area (Å²) in [7, 11) is 0. The maximum absolute atomic E-state index is 12.1. The lowest BCUT2D eigenvalue weighted by molar-refractivity contribution is -0.125. The number of hydrogen-bond donors (Lipinski definition) is 1. The summed E-state index contributed by atoms with van der Waals surface area (Å²) in [5.41, 5.74) is 3.32. The number of halogens is 2. The van der Waals surface area contributed by atoms with Crippen LogP contribution >= 0.6 is 31.9 Å². The summed E-state index contributed by atoms with van der Waals surface area (Å²) in [6.45, 7) is 4.24. The van der Waals surface area contributed by atoms with Gasteiger partial charge in [-0.2, -0.15) is 5.10 Å². The van der Waals surface area contributed by atoms with Gasteiger partial charge in [0.05, 0.1) is 8.65 Å². The van der Waals surface area contributed by atoms with Crippen LogP contribution in [0.15, 0.2) is 23.3 Å². The van der Waals surface area contributed by atoms with Crippen LogP contribution in [0.2, 0.25) is 0 Å². The zero-order chi connectivity index (χ0) is 16.7. The summed E-state index contributed by atoms with van der Waals surface area (Å²) in [6, 6.07) is 5.93. The molecule has 3 rings (SSSR count). The van der Waals surface area contributed by atoms with Gasteiger partial charge in [0.15, 0.2) is 11.5 Å². The second-order valence-electron chi connectivity index (χ2n) is 6.30. The molecule has 5 nitrogen and oxygen atoms in total. The van der Waals surface area contributed by atoms with E-state index >= 15 is 0 Å². The number of fused-ring (bicyclic) bond motifs is 1. The van der Waals surface area contributed by atoms with Gasteiger partial charge in [-0.05, 0) is 43.4 Å². The minimum absolute atomic E-state index is 0.0854. The fourth-order valence-corrected chi connectivity index (χ4v) is 3.97. The molecule has 0 spiro atoms. The van der Waals surface area contributed by atoms with E-state index in [1.54, 1.807) is 6.21 Å². The van der Waals surface area contributed by atoms with Crippen molar-refractivity contribution in [3.8, 4) is 11.5 Å². The number of benzene rings is 1. The number of carbonyl (C=O) groups excluding carboxylic acids is 1. The number of nitrogens with zero attached hydrogens (tertiary/aromatic N) is 1. The van der Waals surface area contributed by atoms with E-state index in [-0.39, 0.29) is 21.9 Å². The van der Waals surface area contributed by atoms with Crippen LogP contribution in [0.3, 0.4) is 0 Å². The van der Waals surface area contributed by atoms with Crippen LogP contribution in [0.25, 0.3) is 0 Å². The van der Waals surface area contributed by atoms with Crippen molar-refractivity contribution in [2.75, 3.05) is 6.79 Å². The minimum Gasteiger partial charge on any atom is -0.454 e. The van der Waals surface area contributed by atoms with E-state index < -0.39 is 5.41 Å². The van der Waals surface area contributed by atoms with Crippen LogP contribution in [-0.2, 0) is 11.2 Å². The van der Waals surface area contributed by atoms with Gasteiger partial charge in [-0.1, -0.05) is 44.8 Å². The molecule has 1 amide bonds. The Morgan fingerprint density at radius 3 is 2.83 bits per heavy atom. The van der Waals surface area contributed by atoms with E-state index in [9.17, 15) is 4.79 Å². The Hall–Kier alpha value is -1.08. The predicted molar refractivity (Wildman–Crippen MR) is 95.4 cm³/mol. The molecule has 0 saturated heterocycles. The number of amides is 1. The Kier molecular flexibility index (Phi) is 4.44. The topological polar surface area (TPSA) is 59.9 Å². The third-order valence-electron chi connectivity index (χ3n) is 4.25. The van der Waals surface area contributed by atoms with Crippen molar-refractivity contribution in [2.45, 2.75) is 29.9 Å². The van der Waals surface area contributed by atoms with Crippen LogP contribution in [0.4, 0.5) is 0 Å². The molecule has 124 valence electrons. The number of alkyl halides is 2. The number of rotatable bonds is 5. The Balaban J connectivity index is 1.51. The Bertz CT molecular complexity index is 663. The fourth-order valence-electron chi connectivity index (χ4n) is 2.49.